The fourth-order valence-electron chi connectivity index (χ4n) is 8.92. The first kappa shape index (κ1) is 32.4. The molecule has 9 aromatic carbocycles. The first-order valence-corrected chi connectivity index (χ1v) is 19.7. The molecule has 0 radical (unpaired) electrons. The maximum absolute atomic E-state index is 6.96. The molecule has 0 N–H and O–H groups in total. The highest BCUT2D eigenvalue weighted by molar-refractivity contribution is 6.14. The van der Waals surface area contributed by atoms with Crippen molar-refractivity contribution in [2.75, 3.05) is 4.90 Å². The minimum atomic E-state index is 0.820. The van der Waals surface area contributed by atoms with Gasteiger partial charge in [0.15, 0.2) is 5.58 Å². The van der Waals surface area contributed by atoms with Crippen molar-refractivity contribution in [1.82, 2.24) is 4.57 Å². The van der Waals surface area contributed by atoms with Gasteiger partial charge in [-0.3, -0.25) is 0 Å². The Labute approximate surface area is 334 Å². The van der Waals surface area contributed by atoms with Gasteiger partial charge >= 0.3 is 0 Å². The van der Waals surface area contributed by atoms with E-state index in [0.29, 0.717) is 0 Å². The van der Waals surface area contributed by atoms with Crippen molar-refractivity contribution in [3.63, 3.8) is 0 Å². The summed E-state index contributed by atoms with van der Waals surface area (Å²) in [6.07, 6.45) is 0. The van der Waals surface area contributed by atoms with Crippen molar-refractivity contribution in [2.24, 2.45) is 0 Å². The summed E-state index contributed by atoms with van der Waals surface area (Å²) in [6.45, 7) is 0. The quantitative estimate of drug-likeness (QED) is 0.170. The van der Waals surface area contributed by atoms with E-state index in [2.05, 4.69) is 210 Å². The van der Waals surface area contributed by atoms with Gasteiger partial charge in [-0.1, -0.05) is 140 Å². The van der Waals surface area contributed by atoms with Gasteiger partial charge in [0.25, 0.3) is 0 Å². The molecule has 0 aliphatic rings. The molecule has 0 saturated carbocycles. The van der Waals surface area contributed by atoms with E-state index in [1.54, 1.807) is 0 Å². The summed E-state index contributed by atoms with van der Waals surface area (Å²) in [5, 5.41) is 6.78. The molecule has 0 amide bonds. The number of para-hydroxylation sites is 4. The van der Waals surface area contributed by atoms with Gasteiger partial charge in [-0.15, -0.1) is 0 Å². The van der Waals surface area contributed by atoms with Crippen molar-refractivity contribution in [1.29, 1.82) is 0 Å². The van der Waals surface area contributed by atoms with Crippen LogP contribution >= 0.6 is 0 Å². The molecule has 0 fully saturated rings. The van der Waals surface area contributed by atoms with Gasteiger partial charge in [-0.2, -0.15) is 0 Å². The van der Waals surface area contributed by atoms with E-state index in [9.17, 15) is 0 Å². The second kappa shape index (κ2) is 12.9. The number of nitrogens with zero attached hydrogens (tertiary/aromatic N) is 2. The van der Waals surface area contributed by atoms with Crippen LogP contribution in [0.1, 0.15) is 0 Å². The number of fused-ring (bicyclic) bond motifs is 9. The molecule has 4 heteroatoms. The zero-order chi connectivity index (χ0) is 38.2. The van der Waals surface area contributed by atoms with Crippen molar-refractivity contribution in [3.8, 4) is 27.9 Å². The molecular weight excluding hydrogens is 709 g/mol. The lowest BCUT2D eigenvalue weighted by atomic mass is 10.0. The Morgan fingerprint density at radius 3 is 1.69 bits per heavy atom. The summed E-state index contributed by atoms with van der Waals surface area (Å²) < 4.78 is 16.0. The molecule has 4 nitrogen and oxygen atoms in total. The SMILES string of the molecule is c1ccc(-c2ccc(N(c3ccc4c(c3)oc3ccc(-n5c6ccccc6c6ccccc65)cc34)c3cccc4c3oc3c(-c5ccccc5)cccc34)cc2)cc1. The maximum atomic E-state index is 6.96. The number of rotatable bonds is 6. The van der Waals surface area contributed by atoms with Crippen LogP contribution in [-0.4, -0.2) is 4.57 Å². The highest BCUT2D eigenvalue weighted by Gasteiger charge is 2.22. The van der Waals surface area contributed by atoms with Gasteiger partial charge in [0.05, 0.1) is 22.4 Å². The standard InChI is InChI=1S/C54H34N2O2/c1-3-13-35(14-4-1)36-25-27-38(28-26-36)55(50-24-12-21-46-45-20-11-19-41(53(45)58-54(46)50)37-15-5-2-6-16-37)40-29-31-44-47-33-39(30-32-51(47)57-52(44)34-40)56-48-22-9-7-17-42(48)43-18-8-10-23-49(43)56/h1-34H. The summed E-state index contributed by atoms with van der Waals surface area (Å²) in [6, 6.07) is 73.0. The van der Waals surface area contributed by atoms with Crippen LogP contribution in [0.3, 0.4) is 0 Å². The van der Waals surface area contributed by atoms with Gasteiger partial charge < -0.3 is 18.3 Å². The third-order valence-electron chi connectivity index (χ3n) is 11.6. The van der Waals surface area contributed by atoms with E-state index in [0.717, 1.165) is 83.3 Å². The minimum Gasteiger partial charge on any atom is -0.456 e. The molecule has 58 heavy (non-hydrogen) atoms. The highest BCUT2D eigenvalue weighted by atomic mass is 16.3. The number of aromatic nitrogens is 1. The topological polar surface area (TPSA) is 34.5 Å². The molecule has 12 rings (SSSR count). The van der Waals surface area contributed by atoms with E-state index < -0.39 is 0 Å². The number of hydrogen-bond acceptors (Lipinski definition) is 3. The Hall–Kier alpha value is -7.82. The van der Waals surface area contributed by atoms with E-state index in [-0.39, 0.29) is 0 Å². The maximum Gasteiger partial charge on any atom is 0.159 e. The molecule has 0 spiro atoms. The molecule has 12 aromatic rings. The predicted octanol–water partition coefficient (Wildman–Crippen LogP) is 15.4. The second-order valence-electron chi connectivity index (χ2n) is 14.9. The Morgan fingerprint density at radius 1 is 0.345 bits per heavy atom. The van der Waals surface area contributed by atoms with E-state index in [1.165, 1.54) is 27.4 Å². The lowest BCUT2D eigenvalue weighted by molar-refractivity contribution is 0.668. The van der Waals surface area contributed by atoms with Crippen LogP contribution in [0.5, 0.6) is 0 Å². The van der Waals surface area contributed by atoms with Gasteiger partial charge in [0.1, 0.15) is 16.7 Å². The predicted molar refractivity (Wildman–Crippen MR) is 241 cm³/mol. The van der Waals surface area contributed by atoms with Gasteiger partial charge in [0.2, 0.25) is 0 Å². The highest BCUT2D eigenvalue weighted by Crippen LogP contribution is 2.45. The average Bonchev–Trinajstić information content (AvgIpc) is 3.97. The Morgan fingerprint density at radius 2 is 0.948 bits per heavy atom. The number of hydrogen-bond donors (Lipinski definition) is 0. The van der Waals surface area contributed by atoms with Crippen molar-refractivity contribution in [2.45, 2.75) is 0 Å². The molecule has 0 bridgehead atoms. The summed E-state index contributed by atoms with van der Waals surface area (Å²) in [5.41, 5.74) is 14.3. The molecule has 0 aliphatic heterocycles. The molecule has 0 aliphatic carbocycles. The fourth-order valence-corrected chi connectivity index (χ4v) is 8.92. The van der Waals surface area contributed by atoms with Crippen LogP contribution in [0.2, 0.25) is 0 Å². The molecule has 0 unspecified atom stereocenters. The van der Waals surface area contributed by atoms with Gasteiger partial charge in [-0.25, -0.2) is 0 Å². The lowest BCUT2D eigenvalue weighted by Crippen LogP contribution is -2.10. The summed E-state index contributed by atoms with van der Waals surface area (Å²) in [4.78, 5) is 2.29. The first-order valence-electron chi connectivity index (χ1n) is 19.7. The van der Waals surface area contributed by atoms with Crippen LogP contribution in [-0.2, 0) is 0 Å². The van der Waals surface area contributed by atoms with Crippen LogP contribution in [0, 0.1) is 0 Å². The summed E-state index contributed by atoms with van der Waals surface area (Å²) in [5.74, 6) is 0. The third kappa shape index (κ3) is 5.02. The smallest absolute Gasteiger partial charge is 0.159 e. The first-order chi connectivity index (χ1) is 28.8. The molecular formula is C54H34N2O2. The van der Waals surface area contributed by atoms with Gasteiger partial charge in [-0.05, 0) is 77.4 Å². The van der Waals surface area contributed by atoms with Crippen LogP contribution in [0.4, 0.5) is 17.1 Å². The molecule has 272 valence electrons. The Bertz CT molecular complexity index is 3450. The zero-order valence-electron chi connectivity index (χ0n) is 31.3. The van der Waals surface area contributed by atoms with E-state index in [4.69, 9.17) is 8.83 Å². The molecule has 0 saturated heterocycles. The minimum absolute atomic E-state index is 0.820. The fraction of sp³-hybridized carbons (Fsp3) is 0. The van der Waals surface area contributed by atoms with Crippen LogP contribution in [0.25, 0.3) is 93.6 Å². The number of furan rings is 2. The zero-order valence-corrected chi connectivity index (χ0v) is 31.3. The van der Waals surface area contributed by atoms with Crippen LogP contribution in [0.15, 0.2) is 215 Å². The molecule has 0 atom stereocenters. The normalized spacial score (nSPS) is 11.8. The van der Waals surface area contributed by atoms with E-state index >= 15 is 0 Å². The lowest BCUT2D eigenvalue weighted by Gasteiger charge is -2.25. The van der Waals surface area contributed by atoms with E-state index in [1.807, 2.05) is 6.07 Å². The summed E-state index contributed by atoms with van der Waals surface area (Å²) in [7, 11) is 0. The Kier molecular flexibility index (Phi) is 7.20. The molecule has 3 aromatic heterocycles. The van der Waals surface area contributed by atoms with Crippen molar-refractivity contribution < 1.29 is 8.83 Å². The van der Waals surface area contributed by atoms with Crippen molar-refractivity contribution in [3.05, 3.63) is 206 Å². The summed E-state index contributed by atoms with van der Waals surface area (Å²) >= 11 is 0. The second-order valence-corrected chi connectivity index (χ2v) is 14.9. The largest absolute Gasteiger partial charge is 0.456 e. The van der Waals surface area contributed by atoms with Gasteiger partial charge in [0, 0.05) is 55.3 Å². The number of anilines is 3. The third-order valence-corrected chi connectivity index (χ3v) is 11.6. The van der Waals surface area contributed by atoms with Crippen molar-refractivity contribution >= 4 is 82.7 Å². The number of benzene rings is 9. The monoisotopic (exact) mass is 742 g/mol. The average molecular weight is 743 g/mol. The molecule has 3 heterocycles. The van der Waals surface area contributed by atoms with Crippen LogP contribution < -0.4 is 4.90 Å². The Balaban J connectivity index is 1.04.